The van der Waals surface area contributed by atoms with E-state index in [2.05, 4.69) is 10.3 Å². The first-order valence-electron chi connectivity index (χ1n) is 5.70. The number of non-ortho nitro benzene ring substituents is 1. The molecule has 1 aromatic carbocycles. The van der Waals surface area contributed by atoms with Crippen molar-refractivity contribution >= 4 is 29.0 Å². The molecule has 0 saturated carbocycles. The average molecular weight is 292 g/mol. The van der Waals surface area contributed by atoms with Crippen LogP contribution >= 0.6 is 11.6 Å². The van der Waals surface area contributed by atoms with Crippen molar-refractivity contribution in [3.63, 3.8) is 0 Å². The van der Waals surface area contributed by atoms with E-state index < -0.39 is 4.92 Å². The van der Waals surface area contributed by atoms with Crippen molar-refractivity contribution in [3.05, 3.63) is 63.3 Å². The molecule has 2 rings (SSSR count). The first-order valence-corrected chi connectivity index (χ1v) is 6.08. The Labute approximate surface area is 119 Å². The van der Waals surface area contributed by atoms with Gasteiger partial charge in [-0.15, -0.1) is 0 Å². The molecule has 7 heteroatoms. The van der Waals surface area contributed by atoms with Crippen molar-refractivity contribution < 1.29 is 9.72 Å². The van der Waals surface area contributed by atoms with Crippen LogP contribution in [0.3, 0.4) is 0 Å². The fraction of sp³-hybridized carbons (Fsp3) is 0.0769. The first kappa shape index (κ1) is 14.0. The summed E-state index contributed by atoms with van der Waals surface area (Å²) in [7, 11) is 0. The van der Waals surface area contributed by atoms with Gasteiger partial charge in [-0.25, -0.2) is 4.98 Å². The van der Waals surface area contributed by atoms with Crippen LogP contribution in [0.5, 0.6) is 0 Å². The number of anilines is 1. The fourth-order valence-corrected chi connectivity index (χ4v) is 1.79. The lowest BCUT2D eigenvalue weighted by atomic mass is 10.1. The van der Waals surface area contributed by atoms with Gasteiger partial charge in [-0.2, -0.15) is 0 Å². The van der Waals surface area contributed by atoms with Crippen molar-refractivity contribution in [1.29, 1.82) is 0 Å². The van der Waals surface area contributed by atoms with Crippen LogP contribution in [0, 0.1) is 10.1 Å². The Morgan fingerprint density at radius 1 is 1.35 bits per heavy atom. The fourth-order valence-electron chi connectivity index (χ4n) is 1.62. The summed E-state index contributed by atoms with van der Waals surface area (Å²) in [6, 6.07) is 9.17. The van der Waals surface area contributed by atoms with Crippen LogP contribution in [0.2, 0.25) is 5.02 Å². The molecule has 20 heavy (non-hydrogen) atoms. The number of aromatic nitrogens is 1. The summed E-state index contributed by atoms with van der Waals surface area (Å²) in [5.41, 5.74) is 0.495. The van der Waals surface area contributed by atoms with Gasteiger partial charge in [0.15, 0.2) is 5.82 Å². The zero-order chi connectivity index (χ0) is 14.5. The molecule has 0 aliphatic carbocycles. The Hall–Kier alpha value is -2.47. The van der Waals surface area contributed by atoms with Gasteiger partial charge in [0, 0.05) is 18.3 Å². The van der Waals surface area contributed by atoms with Gasteiger partial charge in [0.2, 0.25) is 5.91 Å². The average Bonchev–Trinajstić information content (AvgIpc) is 2.41. The zero-order valence-corrected chi connectivity index (χ0v) is 11.0. The Balaban J connectivity index is 2.07. The number of hydrogen-bond acceptors (Lipinski definition) is 4. The highest BCUT2D eigenvalue weighted by Gasteiger charge is 2.10. The number of nitro benzene ring substituents is 1. The number of pyridine rings is 1. The number of nitro groups is 1. The molecule has 0 aliphatic heterocycles. The highest BCUT2D eigenvalue weighted by molar-refractivity contribution is 6.33. The van der Waals surface area contributed by atoms with E-state index >= 15 is 0 Å². The van der Waals surface area contributed by atoms with Gasteiger partial charge in [0.1, 0.15) is 0 Å². The van der Waals surface area contributed by atoms with Gasteiger partial charge in [-0.1, -0.05) is 23.7 Å². The molecule has 6 nitrogen and oxygen atoms in total. The SMILES string of the molecule is O=C(Cc1cccc([N+](=O)[O-])c1)Nc1ncccc1Cl. The van der Waals surface area contributed by atoms with Crippen molar-refractivity contribution in [3.8, 4) is 0 Å². The predicted molar refractivity (Wildman–Crippen MR) is 74.7 cm³/mol. The molecular weight excluding hydrogens is 282 g/mol. The summed E-state index contributed by atoms with van der Waals surface area (Å²) in [5, 5.41) is 13.5. The number of carbonyl (C=O) groups excluding carboxylic acids is 1. The van der Waals surface area contributed by atoms with Crippen LogP contribution in [-0.2, 0) is 11.2 Å². The third-order valence-electron chi connectivity index (χ3n) is 2.50. The predicted octanol–water partition coefficient (Wildman–Crippen LogP) is 2.82. The summed E-state index contributed by atoms with van der Waals surface area (Å²) in [4.78, 5) is 25.9. The number of nitrogens with one attached hydrogen (secondary N) is 1. The van der Waals surface area contributed by atoms with E-state index in [1.807, 2.05) is 0 Å². The Morgan fingerprint density at radius 2 is 2.15 bits per heavy atom. The number of halogens is 1. The molecule has 1 aromatic heterocycles. The van der Waals surface area contributed by atoms with Crippen molar-refractivity contribution in [2.75, 3.05) is 5.32 Å². The van der Waals surface area contributed by atoms with Crippen LogP contribution in [0.25, 0.3) is 0 Å². The molecule has 2 aromatic rings. The molecule has 102 valence electrons. The number of hydrogen-bond donors (Lipinski definition) is 1. The largest absolute Gasteiger partial charge is 0.309 e. The Bertz CT molecular complexity index is 661. The summed E-state index contributed by atoms with van der Waals surface area (Å²) in [6.45, 7) is 0. The first-order chi connectivity index (χ1) is 9.56. The summed E-state index contributed by atoms with van der Waals surface area (Å²) in [6.07, 6.45) is 1.52. The molecule has 1 heterocycles. The molecule has 0 bridgehead atoms. The molecule has 0 atom stereocenters. The van der Waals surface area contributed by atoms with Gasteiger partial charge in [-0.05, 0) is 17.7 Å². The van der Waals surface area contributed by atoms with E-state index in [9.17, 15) is 14.9 Å². The zero-order valence-electron chi connectivity index (χ0n) is 10.2. The van der Waals surface area contributed by atoms with Crippen molar-refractivity contribution in [2.24, 2.45) is 0 Å². The molecule has 0 radical (unpaired) electrons. The van der Waals surface area contributed by atoms with E-state index in [0.29, 0.717) is 10.6 Å². The summed E-state index contributed by atoms with van der Waals surface area (Å²) < 4.78 is 0. The lowest BCUT2D eigenvalue weighted by Crippen LogP contribution is -2.15. The van der Waals surface area contributed by atoms with E-state index in [4.69, 9.17) is 11.6 Å². The number of carbonyl (C=O) groups is 1. The molecule has 0 fully saturated rings. The summed E-state index contributed by atoms with van der Waals surface area (Å²) in [5.74, 6) is -0.0734. The highest BCUT2D eigenvalue weighted by Crippen LogP contribution is 2.18. The van der Waals surface area contributed by atoms with Crippen LogP contribution < -0.4 is 5.32 Å². The van der Waals surface area contributed by atoms with Crippen LogP contribution in [-0.4, -0.2) is 15.8 Å². The third kappa shape index (κ3) is 3.52. The second-order valence-corrected chi connectivity index (χ2v) is 4.39. The third-order valence-corrected chi connectivity index (χ3v) is 2.81. The minimum absolute atomic E-state index is 0.00852. The van der Waals surface area contributed by atoms with Gasteiger partial charge in [-0.3, -0.25) is 14.9 Å². The van der Waals surface area contributed by atoms with E-state index in [1.165, 1.54) is 24.4 Å². The van der Waals surface area contributed by atoms with Gasteiger partial charge in [0.25, 0.3) is 5.69 Å². The van der Waals surface area contributed by atoms with Gasteiger partial charge >= 0.3 is 0 Å². The topological polar surface area (TPSA) is 85.1 Å². The van der Waals surface area contributed by atoms with Gasteiger partial charge < -0.3 is 5.32 Å². The second kappa shape index (κ2) is 6.12. The number of benzene rings is 1. The summed E-state index contributed by atoms with van der Waals surface area (Å²) >= 11 is 5.87. The monoisotopic (exact) mass is 291 g/mol. The lowest BCUT2D eigenvalue weighted by molar-refractivity contribution is -0.384. The number of rotatable bonds is 4. The quantitative estimate of drug-likeness (QED) is 0.693. The Morgan fingerprint density at radius 3 is 2.85 bits per heavy atom. The maximum Gasteiger partial charge on any atom is 0.269 e. The van der Waals surface area contributed by atoms with Crippen LogP contribution in [0.1, 0.15) is 5.56 Å². The van der Waals surface area contributed by atoms with Crippen LogP contribution in [0.4, 0.5) is 11.5 Å². The molecular formula is C13H10ClN3O3. The number of nitrogens with zero attached hydrogens (tertiary/aromatic N) is 2. The Kier molecular flexibility index (Phi) is 4.27. The normalized spacial score (nSPS) is 10.1. The van der Waals surface area contributed by atoms with Gasteiger partial charge in [0.05, 0.1) is 16.4 Å². The maximum absolute atomic E-state index is 11.8. The highest BCUT2D eigenvalue weighted by atomic mass is 35.5. The molecule has 1 N–H and O–H groups in total. The van der Waals surface area contributed by atoms with E-state index in [0.717, 1.165) is 0 Å². The van der Waals surface area contributed by atoms with E-state index in [-0.39, 0.29) is 23.8 Å². The standard InChI is InChI=1S/C13H10ClN3O3/c14-11-5-2-6-15-13(11)16-12(18)8-9-3-1-4-10(7-9)17(19)20/h1-7H,8H2,(H,15,16,18). The minimum Gasteiger partial charge on any atom is -0.309 e. The van der Waals surface area contributed by atoms with Crippen LogP contribution in [0.15, 0.2) is 42.6 Å². The lowest BCUT2D eigenvalue weighted by Gasteiger charge is -2.05. The molecule has 0 unspecified atom stereocenters. The minimum atomic E-state index is -0.503. The molecule has 0 aliphatic rings. The van der Waals surface area contributed by atoms with Crippen molar-refractivity contribution in [2.45, 2.75) is 6.42 Å². The molecule has 0 spiro atoms. The maximum atomic E-state index is 11.8. The van der Waals surface area contributed by atoms with Crippen molar-refractivity contribution in [1.82, 2.24) is 4.98 Å². The number of amides is 1. The molecule has 0 saturated heterocycles. The van der Waals surface area contributed by atoms with E-state index in [1.54, 1.807) is 18.2 Å². The smallest absolute Gasteiger partial charge is 0.269 e. The second-order valence-electron chi connectivity index (χ2n) is 3.99. The molecule has 1 amide bonds.